The van der Waals surface area contributed by atoms with Gasteiger partial charge in [0.15, 0.2) is 0 Å². The number of benzene rings is 2. The van der Waals surface area contributed by atoms with Crippen LogP contribution in [0.15, 0.2) is 54.6 Å². The van der Waals surface area contributed by atoms with Crippen LogP contribution in [-0.4, -0.2) is 67.3 Å². The summed E-state index contributed by atoms with van der Waals surface area (Å²) in [7, 11) is 0. The fraction of sp³-hybridized carbons (Fsp3) is 0.429. The average Bonchev–Trinajstić information content (AvgIpc) is 2.67. The minimum Gasteiger partial charge on any atom is -0.395 e. The zero-order valence-corrected chi connectivity index (χ0v) is 16.0. The molecular formula is C21H28ClN3O. The minimum absolute atomic E-state index is 0.256. The van der Waals surface area contributed by atoms with Crippen molar-refractivity contribution in [2.45, 2.75) is 6.42 Å². The molecule has 1 heterocycles. The summed E-state index contributed by atoms with van der Waals surface area (Å²) < 4.78 is 0. The highest BCUT2D eigenvalue weighted by atomic mass is 35.5. The zero-order chi connectivity index (χ0) is 18.2. The summed E-state index contributed by atoms with van der Waals surface area (Å²) in [6.45, 7) is 7.38. The van der Waals surface area contributed by atoms with Gasteiger partial charge in [-0.1, -0.05) is 35.9 Å². The highest BCUT2D eigenvalue weighted by Crippen LogP contribution is 2.27. The molecule has 1 aliphatic heterocycles. The Labute approximate surface area is 161 Å². The predicted octanol–water partition coefficient (Wildman–Crippen LogP) is 3.48. The molecule has 0 unspecified atom stereocenters. The predicted molar refractivity (Wildman–Crippen MR) is 109 cm³/mol. The maximum Gasteiger partial charge on any atom is 0.0558 e. The van der Waals surface area contributed by atoms with Gasteiger partial charge in [-0.2, -0.15) is 0 Å². The fourth-order valence-electron chi connectivity index (χ4n) is 3.49. The van der Waals surface area contributed by atoms with Crippen LogP contribution in [0, 0.1) is 0 Å². The van der Waals surface area contributed by atoms with Crippen LogP contribution in [0.3, 0.4) is 0 Å². The monoisotopic (exact) mass is 373 g/mol. The van der Waals surface area contributed by atoms with Crippen molar-refractivity contribution >= 4 is 23.0 Å². The molecular weight excluding hydrogens is 346 g/mol. The van der Waals surface area contributed by atoms with Gasteiger partial charge in [-0.05, 0) is 43.3 Å². The lowest BCUT2D eigenvalue weighted by Crippen LogP contribution is -2.47. The Hall–Kier alpha value is -1.59. The summed E-state index contributed by atoms with van der Waals surface area (Å²) >= 11 is 6.21. The molecule has 0 bridgehead atoms. The first-order valence-corrected chi connectivity index (χ1v) is 9.78. The lowest BCUT2D eigenvalue weighted by molar-refractivity contribution is 0.112. The summed E-state index contributed by atoms with van der Waals surface area (Å²) in [5.74, 6) is 0. The number of nitrogens with zero attached hydrogens (tertiary/aromatic N) is 3. The quantitative estimate of drug-likeness (QED) is 0.767. The number of β-amino-alcohol motifs (C(OH)–C–C–N with tert-alkyl or cyclic N) is 1. The number of rotatable bonds is 8. The Morgan fingerprint density at radius 2 is 1.50 bits per heavy atom. The average molecular weight is 374 g/mol. The van der Waals surface area contributed by atoms with Crippen LogP contribution in [0.4, 0.5) is 11.4 Å². The van der Waals surface area contributed by atoms with Crippen molar-refractivity contribution in [2.24, 2.45) is 0 Å². The molecule has 2 aromatic rings. The molecule has 1 aliphatic rings. The van der Waals surface area contributed by atoms with Gasteiger partial charge in [0.2, 0.25) is 0 Å². The smallest absolute Gasteiger partial charge is 0.0558 e. The van der Waals surface area contributed by atoms with Gasteiger partial charge in [0.1, 0.15) is 0 Å². The lowest BCUT2D eigenvalue weighted by Gasteiger charge is -2.35. The topological polar surface area (TPSA) is 30.0 Å². The van der Waals surface area contributed by atoms with E-state index in [1.54, 1.807) is 0 Å². The molecule has 2 aromatic carbocycles. The molecule has 0 aromatic heterocycles. The molecule has 1 fully saturated rings. The van der Waals surface area contributed by atoms with E-state index in [0.29, 0.717) is 0 Å². The second-order valence-electron chi connectivity index (χ2n) is 6.73. The molecule has 5 heteroatoms. The minimum atomic E-state index is 0.256. The Bertz CT molecular complexity index is 659. The zero-order valence-electron chi connectivity index (χ0n) is 15.2. The van der Waals surface area contributed by atoms with E-state index in [2.05, 4.69) is 45.0 Å². The standard InChI is InChI=1S/C21H28ClN3O/c22-19-6-4-9-21(18-19)25(20-7-2-1-3-8-20)11-5-10-23-12-14-24(15-13-23)16-17-26/h1-4,6-9,18,26H,5,10-17H2. The second-order valence-corrected chi connectivity index (χ2v) is 7.16. The van der Waals surface area contributed by atoms with Crippen molar-refractivity contribution in [1.29, 1.82) is 0 Å². The van der Waals surface area contributed by atoms with E-state index in [9.17, 15) is 0 Å². The van der Waals surface area contributed by atoms with Crippen LogP contribution >= 0.6 is 11.6 Å². The van der Waals surface area contributed by atoms with Crippen molar-refractivity contribution in [3.63, 3.8) is 0 Å². The third-order valence-electron chi connectivity index (χ3n) is 4.92. The first kappa shape index (κ1) is 19.2. The Kier molecular flexibility index (Phi) is 7.32. The van der Waals surface area contributed by atoms with Crippen molar-refractivity contribution in [3.05, 3.63) is 59.6 Å². The van der Waals surface area contributed by atoms with Crippen molar-refractivity contribution in [1.82, 2.24) is 9.80 Å². The molecule has 140 valence electrons. The highest BCUT2D eigenvalue weighted by molar-refractivity contribution is 6.30. The van der Waals surface area contributed by atoms with E-state index in [-0.39, 0.29) is 6.61 Å². The summed E-state index contributed by atoms with van der Waals surface area (Å²) in [4.78, 5) is 7.20. The van der Waals surface area contributed by atoms with Gasteiger partial charge in [0, 0.05) is 55.7 Å². The number of hydrogen-bond acceptors (Lipinski definition) is 4. The third-order valence-corrected chi connectivity index (χ3v) is 5.16. The number of para-hydroxylation sites is 1. The number of halogens is 1. The van der Waals surface area contributed by atoms with Crippen LogP contribution < -0.4 is 4.90 Å². The van der Waals surface area contributed by atoms with Gasteiger partial charge >= 0.3 is 0 Å². The number of hydrogen-bond donors (Lipinski definition) is 1. The molecule has 0 spiro atoms. The SMILES string of the molecule is OCCN1CCN(CCCN(c2ccccc2)c2cccc(Cl)c2)CC1. The molecule has 1 saturated heterocycles. The van der Waals surface area contributed by atoms with Gasteiger partial charge in [-0.3, -0.25) is 4.90 Å². The Morgan fingerprint density at radius 3 is 2.15 bits per heavy atom. The van der Waals surface area contributed by atoms with E-state index in [4.69, 9.17) is 16.7 Å². The van der Waals surface area contributed by atoms with Gasteiger partial charge in [0.05, 0.1) is 6.61 Å². The highest BCUT2D eigenvalue weighted by Gasteiger charge is 2.16. The first-order valence-electron chi connectivity index (χ1n) is 9.40. The van der Waals surface area contributed by atoms with E-state index < -0.39 is 0 Å². The second kappa shape index (κ2) is 9.93. The van der Waals surface area contributed by atoms with Gasteiger partial charge in [-0.15, -0.1) is 0 Å². The number of aliphatic hydroxyl groups excluding tert-OH is 1. The molecule has 4 nitrogen and oxygen atoms in total. The largest absolute Gasteiger partial charge is 0.395 e. The molecule has 3 rings (SSSR count). The molecule has 26 heavy (non-hydrogen) atoms. The van der Waals surface area contributed by atoms with Crippen LogP contribution in [0.1, 0.15) is 6.42 Å². The molecule has 0 atom stereocenters. The van der Waals surface area contributed by atoms with Crippen LogP contribution in [0.2, 0.25) is 5.02 Å². The van der Waals surface area contributed by atoms with Crippen LogP contribution in [0.5, 0.6) is 0 Å². The summed E-state index contributed by atoms with van der Waals surface area (Å²) in [6, 6.07) is 18.6. The molecule has 0 saturated carbocycles. The summed E-state index contributed by atoms with van der Waals surface area (Å²) in [5, 5.41) is 9.82. The van der Waals surface area contributed by atoms with Crippen LogP contribution in [0.25, 0.3) is 0 Å². The van der Waals surface area contributed by atoms with Crippen LogP contribution in [-0.2, 0) is 0 Å². The number of anilines is 2. The van der Waals surface area contributed by atoms with Gasteiger partial charge in [-0.25, -0.2) is 0 Å². The molecule has 0 aliphatic carbocycles. The first-order chi connectivity index (χ1) is 12.8. The van der Waals surface area contributed by atoms with E-state index in [0.717, 1.165) is 62.9 Å². The summed E-state index contributed by atoms with van der Waals surface area (Å²) in [6.07, 6.45) is 1.10. The van der Waals surface area contributed by atoms with E-state index in [1.165, 1.54) is 5.69 Å². The van der Waals surface area contributed by atoms with E-state index >= 15 is 0 Å². The van der Waals surface area contributed by atoms with Crippen molar-refractivity contribution in [2.75, 3.05) is 57.3 Å². The molecule has 1 N–H and O–H groups in total. The Balaban J connectivity index is 1.57. The van der Waals surface area contributed by atoms with Crippen molar-refractivity contribution < 1.29 is 5.11 Å². The van der Waals surface area contributed by atoms with E-state index in [1.807, 2.05) is 24.3 Å². The van der Waals surface area contributed by atoms with Crippen molar-refractivity contribution in [3.8, 4) is 0 Å². The maximum absolute atomic E-state index is 9.05. The molecule has 0 amide bonds. The maximum atomic E-state index is 9.05. The number of piperazine rings is 1. The summed E-state index contributed by atoms with van der Waals surface area (Å²) in [5.41, 5.74) is 2.33. The van der Waals surface area contributed by atoms with Gasteiger partial charge < -0.3 is 14.9 Å². The third kappa shape index (κ3) is 5.45. The van der Waals surface area contributed by atoms with Gasteiger partial charge in [0.25, 0.3) is 0 Å². The number of aliphatic hydroxyl groups is 1. The Morgan fingerprint density at radius 1 is 0.846 bits per heavy atom. The molecule has 0 radical (unpaired) electrons. The lowest BCUT2D eigenvalue weighted by atomic mass is 10.2. The fourth-order valence-corrected chi connectivity index (χ4v) is 3.67. The normalized spacial score (nSPS) is 15.9.